The minimum Gasteiger partial charge on any atom is -0.445 e. The molecular formula is C65H97N11O12S. The number of nitrogens with zero attached hydrogens (tertiary/aromatic N) is 2. The van der Waals surface area contributed by atoms with Gasteiger partial charge in [0.15, 0.2) is 0 Å². The molecule has 0 spiro atoms. The van der Waals surface area contributed by atoms with Crippen LogP contribution in [-0.2, 0) is 72.6 Å². The average molecular weight is 1260 g/mol. The van der Waals surface area contributed by atoms with E-state index in [-0.39, 0.29) is 73.4 Å². The summed E-state index contributed by atoms with van der Waals surface area (Å²) in [6.07, 6.45) is 4.49. The molecular weight excluding hydrogens is 1160 g/mol. The number of unbranched alkanes of at least 4 members (excludes halogenated alkanes) is 2. The molecule has 0 radical (unpaired) electrons. The molecule has 89 heavy (non-hydrogen) atoms. The van der Waals surface area contributed by atoms with Crippen LogP contribution in [0.5, 0.6) is 0 Å². The van der Waals surface area contributed by atoms with Crippen molar-refractivity contribution in [2.24, 2.45) is 28.9 Å². The number of anilines is 1. The van der Waals surface area contributed by atoms with Gasteiger partial charge >= 0.3 is 12.1 Å². The highest BCUT2D eigenvalue weighted by atomic mass is 32.2. The molecule has 23 nitrogen and oxygen atoms in total. The summed E-state index contributed by atoms with van der Waals surface area (Å²) in [5, 5.41) is 19.8. The predicted molar refractivity (Wildman–Crippen MR) is 343 cm³/mol. The molecule has 1 aliphatic rings. The van der Waals surface area contributed by atoms with Crippen molar-refractivity contribution in [1.29, 1.82) is 0 Å². The highest BCUT2D eigenvalue weighted by molar-refractivity contribution is 7.89. The van der Waals surface area contributed by atoms with Gasteiger partial charge in [0.1, 0.15) is 24.7 Å². The van der Waals surface area contributed by atoms with E-state index < -0.39 is 92.7 Å². The van der Waals surface area contributed by atoms with Gasteiger partial charge in [-0.2, -0.15) is 0 Å². The van der Waals surface area contributed by atoms with Crippen molar-refractivity contribution in [1.82, 2.24) is 46.4 Å². The molecule has 490 valence electrons. The number of primary amides is 1. The normalized spacial score (nSPS) is 15.4. The van der Waals surface area contributed by atoms with Gasteiger partial charge in [-0.15, -0.1) is 0 Å². The molecule has 3 aromatic carbocycles. The largest absolute Gasteiger partial charge is 0.445 e. The van der Waals surface area contributed by atoms with Gasteiger partial charge in [-0.3, -0.25) is 33.6 Å². The van der Waals surface area contributed by atoms with E-state index in [0.717, 1.165) is 36.9 Å². The molecule has 10 amide bonds. The summed E-state index contributed by atoms with van der Waals surface area (Å²) < 4.78 is 33.4. The van der Waals surface area contributed by atoms with Gasteiger partial charge in [0.25, 0.3) is 5.91 Å². The molecule has 10 N–H and O–H groups in total. The van der Waals surface area contributed by atoms with E-state index in [2.05, 4.69) is 41.9 Å². The summed E-state index contributed by atoms with van der Waals surface area (Å²) in [5.41, 5.74) is 6.81. The number of amides is 10. The Balaban J connectivity index is 1.30. The first kappa shape index (κ1) is 73.6. The molecule has 0 aromatic heterocycles. The van der Waals surface area contributed by atoms with Crippen LogP contribution in [0.1, 0.15) is 143 Å². The van der Waals surface area contributed by atoms with Crippen molar-refractivity contribution >= 4 is 69.2 Å². The lowest BCUT2D eigenvalue weighted by molar-refractivity contribution is -0.141. The maximum atomic E-state index is 14.5. The topological polar surface area (TPSA) is 326 Å². The highest BCUT2D eigenvalue weighted by Gasteiger charge is 2.42. The van der Waals surface area contributed by atoms with Gasteiger partial charge < -0.3 is 57.5 Å². The van der Waals surface area contributed by atoms with Crippen molar-refractivity contribution in [3.8, 4) is 0 Å². The van der Waals surface area contributed by atoms with E-state index >= 15 is 0 Å². The molecule has 0 aliphatic carbocycles. The Morgan fingerprint density at radius 3 is 1.98 bits per heavy atom. The maximum Gasteiger partial charge on any atom is 0.407 e. The van der Waals surface area contributed by atoms with Crippen LogP contribution >= 0.6 is 0 Å². The lowest BCUT2D eigenvalue weighted by atomic mass is 9.76. The van der Waals surface area contributed by atoms with Gasteiger partial charge in [-0.1, -0.05) is 148 Å². The van der Waals surface area contributed by atoms with Crippen molar-refractivity contribution in [3.63, 3.8) is 0 Å². The molecule has 0 saturated carbocycles. The van der Waals surface area contributed by atoms with Crippen LogP contribution < -0.4 is 47.7 Å². The Labute approximate surface area is 526 Å². The van der Waals surface area contributed by atoms with Crippen molar-refractivity contribution in [2.45, 2.75) is 176 Å². The van der Waals surface area contributed by atoms with Crippen LogP contribution in [0.2, 0.25) is 0 Å². The van der Waals surface area contributed by atoms with E-state index in [9.17, 15) is 51.6 Å². The van der Waals surface area contributed by atoms with E-state index in [4.69, 9.17) is 10.5 Å². The number of carbonyl (C=O) groups excluding carboxylic acids is 9. The van der Waals surface area contributed by atoms with Crippen molar-refractivity contribution in [3.05, 3.63) is 113 Å². The van der Waals surface area contributed by atoms with Gasteiger partial charge in [0.05, 0.1) is 17.8 Å². The fraction of sp³-hybridized carbons (Fsp3) is 0.554. The molecule has 1 fully saturated rings. The summed E-state index contributed by atoms with van der Waals surface area (Å²) >= 11 is 0. The Morgan fingerprint density at radius 1 is 0.764 bits per heavy atom. The number of likely N-dealkylation sites (N-methyl/N-ethyl adjacent to an activating group) is 2. The number of rotatable bonds is 33. The summed E-state index contributed by atoms with van der Waals surface area (Å²) in [6.45, 7) is 21.7. The molecule has 0 bridgehead atoms. The monoisotopic (exact) mass is 1260 g/mol. The quantitative estimate of drug-likeness (QED) is 0.0249. The zero-order chi connectivity index (χ0) is 66.4. The number of benzene rings is 3. The van der Waals surface area contributed by atoms with Crippen LogP contribution in [0.4, 0.5) is 15.3 Å². The number of ether oxygens (including phenoxy) is 1. The lowest BCUT2D eigenvalue weighted by Crippen LogP contribution is -2.61. The molecule has 6 atom stereocenters. The second-order valence-corrected chi connectivity index (χ2v) is 27.1. The number of alkyl carbamates (subject to hydrolysis) is 1. The minimum atomic E-state index is -4.02. The number of hydrogen-bond acceptors (Lipinski definition) is 13. The minimum absolute atomic E-state index is 0.0505. The predicted octanol–water partition coefficient (Wildman–Crippen LogP) is 6.03. The third kappa shape index (κ3) is 23.6. The molecule has 1 heterocycles. The lowest BCUT2D eigenvalue weighted by Gasteiger charge is -2.40. The van der Waals surface area contributed by atoms with E-state index in [1.807, 2.05) is 84.6 Å². The summed E-state index contributed by atoms with van der Waals surface area (Å²) in [6, 6.07) is 17.3. The molecule has 24 heteroatoms. The van der Waals surface area contributed by atoms with Gasteiger partial charge in [-0.05, 0) is 97.7 Å². The number of likely N-dealkylation sites (tertiary alicyclic amines) is 1. The van der Waals surface area contributed by atoms with E-state index in [1.165, 1.54) is 11.8 Å². The van der Waals surface area contributed by atoms with Gasteiger partial charge in [0.2, 0.25) is 45.5 Å². The third-order valence-electron chi connectivity index (χ3n) is 15.9. The smallest absolute Gasteiger partial charge is 0.407 e. The molecule has 3 aromatic rings. The van der Waals surface area contributed by atoms with Crippen LogP contribution in [-0.4, -0.2) is 136 Å². The third-order valence-corrected chi connectivity index (χ3v) is 17.1. The summed E-state index contributed by atoms with van der Waals surface area (Å²) in [7, 11) is -0.769. The van der Waals surface area contributed by atoms with Crippen molar-refractivity contribution in [2.75, 3.05) is 39.0 Å². The van der Waals surface area contributed by atoms with Crippen LogP contribution in [0, 0.1) is 23.2 Å². The first-order chi connectivity index (χ1) is 41.7. The SMILES string of the molecule is CN[C@H](C(=O)N[C@H](C(=O)N(C)[C@H](/C=C(\C)C(=O)NS(=O)(=O)Cc1ccccc1)C(C)C)C(C)(C)C)C(C)(C)c1ccc(CNC(=O)OCc2ccc(NC(=O)[C@H](CCCNC(N)=O)NC(=O)[C@@H](NC(=O)CCCCCN3CCC(C)C3=O)C(C)C)cc2)cc1. The molecule has 1 saturated heterocycles. The first-order valence-corrected chi connectivity index (χ1v) is 32.2. The summed E-state index contributed by atoms with van der Waals surface area (Å²) in [5.74, 6) is -3.70. The molecule has 4 rings (SSSR count). The summed E-state index contributed by atoms with van der Waals surface area (Å²) in [4.78, 5) is 122. The Morgan fingerprint density at radius 2 is 1.40 bits per heavy atom. The Hall–Kier alpha value is -7.86. The van der Waals surface area contributed by atoms with E-state index in [0.29, 0.717) is 36.2 Å². The highest BCUT2D eigenvalue weighted by Crippen LogP contribution is 2.30. The molecule has 1 unspecified atom stereocenters. The number of sulfonamides is 1. The standard InChI is InChI=1S/C65H97N11O12S/c1-41(2)51(37-44(6)56(78)74-89(86,87)40-47-21-16-14-17-22-47)75(13)61(83)55(64(7,8)9)73-59(81)54(67-12)65(10,11)48-29-25-45(26-30-48)38-69-63(85)88-39-46-27-31-49(32-28-46)70-57(79)50(23-20-34-68-62(66)84)71-58(80)53(42(3)4)72-52(77)24-18-15-19-35-76-36-33-43(5)60(76)82/h14,16-17,21-22,25-32,37,41-43,50-51,53-55,67H,15,18-20,23-24,33-36,38-40H2,1-13H3,(H,69,85)(H,70,79)(H,71,80)(H,72,77)(H,73,81)(H,74,78)(H3,66,68,84)/b44-37+/t43?,50-,51+,53-,54+,55+/m0/s1. The molecule has 1 aliphatic heterocycles. The van der Waals surface area contributed by atoms with Crippen LogP contribution in [0.25, 0.3) is 0 Å². The van der Waals surface area contributed by atoms with Crippen LogP contribution in [0.15, 0.2) is 90.5 Å². The second-order valence-electron chi connectivity index (χ2n) is 25.4. The number of hydrogen-bond donors (Lipinski definition) is 9. The van der Waals surface area contributed by atoms with Crippen LogP contribution in [0.3, 0.4) is 0 Å². The van der Waals surface area contributed by atoms with Crippen molar-refractivity contribution < 1.29 is 56.3 Å². The fourth-order valence-corrected chi connectivity index (χ4v) is 11.5. The number of nitrogens with two attached hydrogens (primary N) is 1. The van der Waals surface area contributed by atoms with Gasteiger partial charge in [-0.25, -0.2) is 22.7 Å². The number of urea groups is 1. The fourth-order valence-electron chi connectivity index (χ4n) is 10.4. The Bertz CT molecular complexity index is 3040. The maximum absolute atomic E-state index is 14.5. The zero-order valence-corrected chi connectivity index (χ0v) is 55.0. The second kappa shape index (κ2) is 34.2. The number of carbonyl (C=O) groups is 9. The average Bonchev–Trinajstić information content (AvgIpc) is 3.28. The van der Waals surface area contributed by atoms with Gasteiger partial charge in [0, 0.05) is 62.2 Å². The zero-order valence-electron chi connectivity index (χ0n) is 54.2. The first-order valence-electron chi connectivity index (χ1n) is 30.6. The number of nitrogens with one attached hydrogen (secondary N) is 8. The van der Waals surface area contributed by atoms with E-state index in [1.54, 1.807) is 88.6 Å². The Kier molecular flexibility index (Phi) is 28.3.